The molecular formula is C20H23N5O4S. The molecule has 0 radical (unpaired) electrons. The van der Waals surface area contributed by atoms with Gasteiger partial charge in [0.2, 0.25) is 0 Å². The van der Waals surface area contributed by atoms with E-state index in [1.165, 1.54) is 10.5 Å². The summed E-state index contributed by atoms with van der Waals surface area (Å²) in [4.78, 5) is 18.7. The molecule has 30 heavy (non-hydrogen) atoms. The van der Waals surface area contributed by atoms with Crippen molar-refractivity contribution in [3.05, 3.63) is 54.1 Å². The number of hydrogen-bond donors (Lipinski definition) is 0. The van der Waals surface area contributed by atoms with Crippen molar-refractivity contribution in [2.75, 3.05) is 26.2 Å². The number of sulfonamides is 1. The molecule has 3 heterocycles. The van der Waals surface area contributed by atoms with Crippen LogP contribution in [0.3, 0.4) is 0 Å². The Morgan fingerprint density at radius 3 is 2.57 bits per heavy atom. The zero-order chi connectivity index (χ0) is 21.3. The van der Waals surface area contributed by atoms with Gasteiger partial charge in [-0.25, -0.2) is 13.4 Å². The fraction of sp³-hybridized carbons (Fsp3) is 0.350. The third-order valence-electron chi connectivity index (χ3n) is 5.22. The highest BCUT2D eigenvalue weighted by Crippen LogP contribution is 2.22. The predicted molar refractivity (Wildman–Crippen MR) is 109 cm³/mol. The number of aromatic nitrogens is 3. The van der Waals surface area contributed by atoms with Crippen LogP contribution in [0.5, 0.6) is 0 Å². The number of rotatable bonds is 4. The highest BCUT2D eigenvalue weighted by Gasteiger charge is 2.31. The lowest BCUT2D eigenvalue weighted by atomic mass is 10.1. The van der Waals surface area contributed by atoms with E-state index in [1.807, 2.05) is 30.3 Å². The number of benzene rings is 1. The molecule has 1 fully saturated rings. The van der Waals surface area contributed by atoms with Gasteiger partial charge in [-0.05, 0) is 13.3 Å². The van der Waals surface area contributed by atoms with E-state index in [0.717, 1.165) is 5.56 Å². The lowest BCUT2D eigenvalue weighted by molar-refractivity contribution is 0.0754. The molecule has 2 aromatic heterocycles. The standard InChI is InChI=1S/C20H23N5O4S/c1-15-21-19(14-23(15)2)30(27,28)25-10-6-9-24(11-12-25)20(26)17-13-18(29-22-17)16-7-4-3-5-8-16/h3-5,7-8,13-14H,6,9-12H2,1-2H3. The van der Waals surface area contributed by atoms with Gasteiger partial charge in [-0.3, -0.25) is 4.79 Å². The van der Waals surface area contributed by atoms with Gasteiger partial charge in [0.1, 0.15) is 5.82 Å². The molecule has 0 saturated carbocycles. The summed E-state index contributed by atoms with van der Waals surface area (Å²) in [5.41, 5.74) is 1.05. The van der Waals surface area contributed by atoms with E-state index in [-0.39, 0.29) is 29.7 Å². The van der Waals surface area contributed by atoms with Gasteiger partial charge in [-0.1, -0.05) is 35.5 Å². The first kappa shape index (κ1) is 20.3. The second-order valence-electron chi connectivity index (χ2n) is 7.23. The molecule has 1 aliphatic heterocycles. The smallest absolute Gasteiger partial charge is 0.276 e. The van der Waals surface area contributed by atoms with Crippen LogP contribution in [0.2, 0.25) is 0 Å². The summed E-state index contributed by atoms with van der Waals surface area (Å²) in [6.07, 6.45) is 2.04. The lowest BCUT2D eigenvalue weighted by Gasteiger charge is -2.20. The van der Waals surface area contributed by atoms with Gasteiger partial charge in [0.05, 0.1) is 0 Å². The molecule has 0 atom stereocenters. The Morgan fingerprint density at radius 2 is 1.87 bits per heavy atom. The van der Waals surface area contributed by atoms with E-state index in [0.29, 0.717) is 31.1 Å². The maximum atomic E-state index is 12.9. The Morgan fingerprint density at radius 1 is 1.10 bits per heavy atom. The summed E-state index contributed by atoms with van der Waals surface area (Å²) in [5.74, 6) is 0.873. The maximum absolute atomic E-state index is 12.9. The maximum Gasteiger partial charge on any atom is 0.276 e. The van der Waals surface area contributed by atoms with Crippen LogP contribution >= 0.6 is 0 Å². The Hall–Kier alpha value is -2.98. The summed E-state index contributed by atoms with van der Waals surface area (Å²) in [6, 6.07) is 11.0. The van der Waals surface area contributed by atoms with E-state index in [1.54, 1.807) is 29.5 Å². The summed E-state index contributed by atoms with van der Waals surface area (Å²) in [5, 5.41) is 3.95. The van der Waals surface area contributed by atoms with Gasteiger partial charge in [-0.2, -0.15) is 4.31 Å². The average molecular weight is 430 g/mol. The number of imidazole rings is 1. The van der Waals surface area contributed by atoms with Gasteiger partial charge in [0.15, 0.2) is 16.5 Å². The van der Waals surface area contributed by atoms with Crippen LogP contribution < -0.4 is 0 Å². The summed E-state index contributed by atoms with van der Waals surface area (Å²) < 4.78 is 34.3. The minimum atomic E-state index is -3.70. The molecule has 0 unspecified atom stereocenters. The second-order valence-corrected chi connectivity index (χ2v) is 9.11. The van der Waals surface area contributed by atoms with Gasteiger partial charge in [-0.15, -0.1) is 0 Å². The zero-order valence-corrected chi connectivity index (χ0v) is 17.7. The first-order chi connectivity index (χ1) is 14.4. The molecule has 9 nitrogen and oxygen atoms in total. The third kappa shape index (κ3) is 3.88. The van der Waals surface area contributed by atoms with E-state index >= 15 is 0 Å². The van der Waals surface area contributed by atoms with E-state index in [2.05, 4.69) is 10.1 Å². The largest absolute Gasteiger partial charge is 0.355 e. The predicted octanol–water partition coefficient (Wildman–Crippen LogP) is 1.92. The Kier molecular flexibility index (Phi) is 5.44. The normalized spacial score (nSPS) is 15.9. The van der Waals surface area contributed by atoms with Crippen LogP contribution in [-0.2, 0) is 17.1 Å². The summed E-state index contributed by atoms with van der Waals surface area (Å²) in [7, 11) is -1.95. The first-order valence-electron chi connectivity index (χ1n) is 9.68. The van der Waals surface area contributed by atoms with Crippen molar-refractivity contribution in [2.45, 2.75) is 18.4 Å². The van der Waals surface area contributed by atoms with Crippen molar-refractivity contribution in [1.82, 2.24) is 23.9 Å². The van der Waals surface area contributed by atoms with Crippen molar-refractivity contribution in [3.8, 4) is 11.3 Å². The molecule has 1 aromatic carbocycles. The molecule has 158 valence electrons. The van der Waals surface area contributed by atoms with Crippen LogP contribution in [0, 0.1) is 6.92 Å². The number of carbonyl (C=O) groups is 1. The van der Waals surface area contributed by atoms with E-state index in [4.69, 9.17) is 4.52 Å². The number of hydrogen-bond acceptors (Lipinski definition) is 6. The molecule has 0 aliphatic carbocycles. The Balaban J connectivity index is 1.47. The van der Waals surface area contributed by atoms with Crippen molar-refractivity contribution in [1.29, 1.82) is 0 Å². The van der Waals surface area contributed by atoms with Crippen molar-refractivity contribution >= 4 is 15.9 Å². The Bertz CT molecular complexity index is 1130. The SMILES string of the molecule is Cc1nc(S(=O)(=O)N2CCCN(C(=O)c3cc(-c4ccccc4)on3)CC2)cn1C. The number of amides is 1. The van der Waals surface area contributed by atoms with Gasteiger partial charge < -0.3 is 14.0 Å². The highest BCUT2D eigenvalue weighted by molar-refractivity contribution is 7.89. The molecule has 0 N–H and O–H groups in total. The van der Waals surface area contributed by atoms with Crippen molar-refractivity contribution < 1.29 is 17.7 Å². The molecule has 0 bridgehead atoms. The lowest BCUT2D eigenvalue weighted by Crippen LogP contribution is -2.37. The quantitative estimate of drug-likeness (QED) is 0.628. The molecular weight excluding hydrogens is 406 g/mol. The minimum Gasteiger partial charge on any atom is -0.355 e. The minimum absolute atomic E-state index is 0.0336. The van der Waals surface area contributed by atoms with Crippen LogP contribution in [0.25, 0.3) is 11.3 Å². The number of aryl methyl sites for hydroxylation is 2. The van der Waals surface area contributed by atoms with Crippen LogP contribution in [0.15, 0.2) is 52.1 Å². The van der Waals surface area contributed by atoms with Crippen molar-refractivity contribution in [3.63, 3.8) is 0 Å². The van der Waals surface area contributed by atoms with Gasteiger partial charge >= 0.3 is 0 Å². The molecule has 1 saturated heterocycles. The Labute approximate surface area is 175 Å². The molecule has 0 spiro atoms. The number of nitrogens with zero attached hydrogens (tertiary/aromatic N) is 5. The topological polar surface area (TPSA) is 102 Å². The molecule has 1 aliphatic rings. The van der Waals surface area contributed by atoms with E-state index < -0.39 is 10.0 Å². The fourth-order valence-electron chi connectivity index (χ4n) is 3.40. The molecule has 4 rings (SSSR count). The molecule has 3 aromatic rings. The van der Waals surface area contributed by atoms with Crippen LogP contribution in [0.4, 0.5) is 0 Å². The average Bonchev–Trinajstić information content (AvgIpc) is 3.27. The van der Waals surface area contributed by atoms with Crippen LogP contribution in [0.1, 0.15) is 22.7 Å². The molecule has 1 amide bonds. The number of carbonyl (C=O) groups excluding carboxylic acids is 1. The van der Waals surface area contributed by atoms with Gasteiger partial charge in [0, 0.05) is 51.1 Å². The van der Waals surface area contributed by atoms with Gasteiger partial charge in [0.25, 0.3) is 15.9 Å². The highest BCUT2D eigenvalue weighted by atomic mass is 32.2. The molecule has 10 heteroatoms. The summed E-state index contributed by atoms with van der Waals surface area (Å²) >= 11 is 0. The summed E-state index contributed by atoms with van der Waals surface area (Å²) in [6.45, 7) is 3.00. The monoisotopic (exact) mass is 429 g/mol. The fourth-order valence-corrected chi connectivity index (χ4v) is 4.89. The third-order valence-corrected chi connectivity index (χ3v) is 6.99. The second kappa shape index (κ2) is 8.04. The van der Waals surface area contributed by atoms with Crippen LogP contribution in [-0.4, -0.2) is 64.4 Å². The first-order valence-corrected chi connectivity index (χ1v) is 11.1. The zero-order valence-electron chi connectivity index (χ0n) is 16.9. The van der Waals surface area contributed by atoms with E-state index in [9.17, 15) is 13.2 Å². The van der Waals surface area contributed by atoms with Crippen molar-refractivity contribution in [2.24, 2.45) is 7.05 Å².